The lowest BCUT2D eigenvalue weighted by Crippen LogP contribution is -2.27. The Bertz CT molecular complexity index is 193. The van der Waals surface area contributed by atoms with Gasteiger partial charge in [0.2, 0.25) is 0 Å². The van der Waals surface area contributed by atoms with Gasteiger partial charge < -0.3 is 0 Å². The van der Waals surface area contributed by atoms with E-state index in [-0.39, 0.29) is 4.75 Å². The molecule has 2 bridgehead atoms. The first kappa shape index (κ1) is 7.99. The van der Waals surface area contributed by atoms with Crippen molar-refractivity contribution >= 4 is 27.4 Å². The van der Waals surface area contributed by atoms with Gasteiger partial charge in [-0.05, 0) is 31.4 Å². The van der Waals surface area contributed by atoms with Crippen LogP contribution in [0.15, 0.2) is 0 Å². The Labute approximate surface area is 75.1 Å². The summed E-state index contributed by atoms with van der Waals surface area (Å²) >= 11 is 0. The Kier molecular flexibility index (Phi) is 1.96. The average molecular weight is 188 g/mol. The number of fused-ring (bicyclic) bond motifs is 2. The summed E-state index contributed by atoms with van der Waals surface area (Å²) in [5, 5.41) is 0. The first-order chi connectivity index (χ1) is 5.27. The van der Waals surface area contributed by atoms with Gasteiger partial charge in [0.05, 0.1) is 4.75 Å². The van der Waals surface area contributed by atoms with Crippen LogP contribution >= 0.6 is 21.6 Å². The van der Waals surface area contributed by atoms with Gasteiger partial charge in [-0.25, -0.2) is 0 Å². The summed E-state index contributed by atoms with van der Waals surface area (Å²) in [5.41, 5.74) is 0. The third-order valence-electron chi connectivity index (χ3n) is 2.80. The van der Waals surface area contributed by atoms with Gasteiger partial charge in [-0.1, -0.05) is 21.6 Å². The van der Waals surface area contributed by atoms with E-state index in [9.17, 15) is 4.79 Å². The van der Waals surface area contributed by atoms with Crippen LogP contribution in [0.25, 0.3) is 0 Å². The Hall–Kier alpha value is 0.370. The van der Waals surface area contributed by atoms with Crippen LogP contribution in [0.2, 0.25) is 0 Å². The summed E-state index contributed by atoms with van der Waals surface area (Å²) in [6.45, 7) is 0. The van der Waals surface area contributed by atoms with Crippen LogP contribution in [0.4, 0.5) is 0 Å². The highest BCUT2D eigenvalue weighted by Crippen LogP contribution is 2.55. The molecule has 0 heterocycles. The monoisotopic (exact) mass is 188 g/mol. The van der Waals surface area contributed by atoms with E-state index in [1.165, 1.54) is 6.42 Å². The Morgan fingerprint density at radius 1 is 1.64 bits per heavy atom. The van der Waals surface area contributed by atoms with E-state index in [4.69, 9.17) is 0 Å². The molecule has 0 aromatic heterocycles. The standard InChI is InChI=1S/C8H12OS2/c1-10-11-8-3-2-6(5-8)4-7(8)9/h6H,2-5H2,1H3. The third kappa shape index (κ3) is 1.13. The van der Waals surface area contributed by atoms with Crippen LogP contribution < -0.4 is 0 Å². The van der Waals surface area contributed by atoms with Crippen molar-refractivity contribution in [1.82, 2.24) is 0 Å². The van der Waals surface area contributed by atoms with Crippen molar-refractivity contribution < 1.29 is 4.79 Å². The highest BCUT2D eigenvalue weighted by Gasteiger charge is 2.51. The number of carbonyl (C=O) groups excluding carboxylic acids is 1. The molecule has 2 saturated carbocycles. The van der Waals surface area contributed by atoms with Crippen molar-refractivity contribution in [2.75, 3.05) is 6.26 Å². The first-order valence-corrected chi connectivity index (χ1v) is 6.58. The van der Waals surface area contributed by atoms with E-state index >= 15 is 0 Å². The van der Waals surface area contributed by atoms with Gasteiger partial charge in [0, 0.05) is 6.42 Å². The minimum Gasteiger partial charge on any atom is -0.298 e. The average Bonchev–Trinajstić information content (AvgIpc) is 2.45. The van der Waals surface area contributed by atoms with Crippen molar-refractivity contribution in [3.63, 3.8) is 0 Å². The summed E-state index contributed by atoms with van der Waals surface area (Å²) in [4.78, 5) is 11.5. The van der Waals surface area contributed by atoms with Gasteiger partial charge >= 0.3 is 0 Å². The normalized spacial score (nSPS) is 41.9. The Morgan fingerprint density at radius 2 is 2.45 bits per heavy atom. The van der Waals surface area contributed by atoms with Crippen molar-refractivity contribution in [3.8, 4) is 0 Å². The quantitative estimate of drug-likeness (QED) is 0.620. The lowest BCUT2D eigenvalue weighted by Gasteiger charge is -2.22. The number of hydrogen-bond acceptors (Lipinski definition) is 3. The van der Waals surface area contributed by atoms with E-state index in [1.807, 2.05) is 0 Å². The smallest absolute Gasteiger partial charge is 0.150 e. The second-order valence-corrected chi connectivity index (χ2v) is 6.26. The molecule has 0 radical (unpaired) electrons. The molecule has 3 heteroatoms. The van der Waals surface area contributed by atoms with Crippen molar-refractivity contribution in [2.24, 2.45) is 5.92 Å². The minimum absolute atomic E-state index is 0.0596. The van der Waals surface area contributed by atoms with Gasteiger partial charge in [0.25, 0.3) is 0 Å². The molecule has 0 aromatic rings. The molecule has 0 aliphatic heterocycles. The highest BCUT2D eigenvalue weighted by molar-refractivity contribution is 8.77. The van der Waals surface area contributed by atoms with E-state index in [0.29, 0.717) is 5.78 Å². The van der Waals surface area contributed by atoms with Crippen molar-refractivity contribution in [2.45, 2.75) is 30.4 Å². The van der Waals surface area contributed by atoms with Crippen LogP contribution in [-0.4, -0.2) is 16.8 Å². The number of hydrogen-bond donors (Lipinski definition) is 0. The molecule has 0 amide bonds. The van der Waals surface area contributed by atoms with Crippen LogP contribution in [0.5, 0.6) is 0 Å². The van der Waals surface area contributed by atoms with E-state index < -0.39 is 0 Å². The maximum absolute atomic E-state index is 11.5. The van der Waals surface area contributed by atoms with Crippen molar-refractivity contribution in [3.05, 3.63) is 0 Å². The number of ketones is 1. The molecule has 2 fully saturated rings. The van der Waals surface area contributed by atoms with E-state index in [1.54, 1.807) is 21.6 Å². The van der Waals surface area contributed by atoms with Gasteiger partial charge in [0.15, 0.2) is 0 Å². The highest BCUT2D eigenvalue weighted by atomic mass is 33.1. The zero-order valence-electron chi connectivity index (χ0n) is 6.63. The summed E-state index contributed by atoms with van der Waals surface area (Å²) in [5.74, 6) is 1.26. The molecule has 2 unspecified atom stereocenters. The Morgan fingerprint density at radius 3 is 2.91 bits per heavy atom. The fraction of sp³-hybridized carbons (Fsp3) is 0.875. The van der Waals surface area contributed by atoms with Crippen LogP contribution in [-0.2, 0) is 4.79 Å². The SMILES string of the molecule is CSSC12CCC(CC1=O)C2. The molecule has 2 aliphatic rings. The molecular weight excluding hydrogens is 176 g/mol. The van der Waals surface area contributed by atoms with E-state index in [0.717, 1.165) is 25.2 Å². The molecule has 2 aliphatic carbocycles. The fourth-order valence-electron chi connectivity index (χ4n) is 2.27. The fourth-order valence-corrected chi connectivity index (χ4v) is 4.96. The Balaban J connectivity index is 2.16. The van der Waals surface area contributed by atoms with E-state index in [2.05, 4.69) is 6.26 Å². The summed E-state index contributed by atoms with van der Waals surface area (Å²) in [7, 11) is 3.55. The number of rotatable bonds is 2. The lowest BCUT2D eigenvalue weighted by molar-refractivity contribution is -0.120. The molecule has 0 saturated heterocycles. The molecule has 0 spiro atoms. The van der Waals surface area contributed by atoms with Gasteiger partial charge in [-0.2, -0.15) is 0 Å². The van der Waals surface area contributed by atoms with Crippen LogP contribution in [0.3, 0.4) is 0 Å². The van der Waals surface area contributed by atoms with Gasteiger partial charge in [-0.15, -0.1) is 0 Å². The molecule has 2 rings (SSSR count). The summed E-state index contributed by atoms with van der Waals surface area (Å²) in [6.07, 6.45) is 6.53. The molecular formula is C8H12OS2. The summed E-state index contributed by atoms with van der Waals surface area (Å²) in [6, 6.07) is 0. The van der Waals surface area contributed by atoms with Crippen LogP contribution in [0, 0.1) is 5.92 Å². The molecule has 2 atom stereocenters. The zero-order chi connectivity index (χ0) is 7.90. The maximum Gasteiger partial charge on any atom is 0.150 e. The second-order valence-electron chi connectivity index (χ2n) is 3.48. The topological polar surface area (TPSA) is 17.1 Å². The largest absolute Gasteiger partial charge is 0.298 e. The van der Waals surface area contributed by atoms with Gasteiger partial charge in [-0.3, -0.25) is 4.79 Å². The number of Topliss-reactive ketones (excluding diaryl/α,β-unsaturated/α-hetero) is 1. The first-order valence-electron chi connectivity index (χ1n) is 4.02. The second kappa shape index (κ2) is 2.70. The molecule has 62 valence electrons. The summed E-state index contributed by atoms with van der Waals surface area (Å²) < 4.78 is 0.0596. The molecule has 0 N–H and O–H groups in total. The van der Waals surface area contributed by atoms with Crippen molar-refractivity contribution in [1.29, 1.82) is 0 Å². The molecule has 11 heavy (non-hydrogen) atoms. The zero-order valence-corrected chi connectivity index (χ0v) is 8.26. The minimum atomic E-state index is 0.0596. The third-order valence-corrected chi connectivity index (χ3v) is 5.34. The lowest BCUT2D eigenvalue weighted by atomic mass is 9.99. The predicted octanol–water partition coefficient (Wildman–Crippen LogP) is 2.51. The molecule has 1 nitrogen and oxygen atoms in total. The predicted molar refractivity (Wildman–Crippen MR) is 50.8 cm³/mol. The van der Waals surface area contributed by atoms with Gasteiger partial charge in [0.1, 0.15) is 5.78 Å². The maximum atomic E-state index is 11.5. The molecule has 0 aromatic carbocycles. The van der Waals surface area contributed by atoms with Crippen LogP contribution in [0.1, 0.15) is 25.7 Å². The number of carbonyl (C=O) groups is 1.